The van der Waals surface area contributed by atoms with Crippen LogP contribution >= 0.6 is 11.6 Å². The zero-order chi connectivity index (χ0) is 14.8. The Morgan fingerprint density at radius 3 is 2.65 bits per heavy atom. The lowest BCUT2D eigenvalue weighted by Gasteiger charge is -2.32. The van der Waals surface area contributed by atoms with Gasteiger partial charge in [0.1, 0.15) is 6.33 Å². The number of hydrogen-bond acceptors (Lipinski definition) is 6. The standard InChI is InChI=1S/C12H18ClN7/c1-12(2,19(3)4)7-15-10-16-9(13)17-11(18-10)20-6-5-14-8-20/h5-6,8H,7H2,1-4H3,(H,15,16,17,18). The van der Waals surface area contributed by atoms with Gasteiger partial charge >= 0.3 is 0 Å². The minimum Gasteiger partial charge on any atom is -0.352 e. The summed E-state index contributed by atoms with van der Waals surface area (Å²) in [5, 5.41) is 3.33. The highest BCUT2D eigenvalue weighted by Crippen LogP contribution is 2.13. The quantitative estimate of drug-likeness (QED) is 0.900. The van der Waals surface area contributed by atoms with Crippen LogP contribution in [0, 0.1) is 0 Å². The van der Waals surface area contributed by atoms with Gasteiger partial charge in [-0.05, 0) is 39.5 Å². The molecule has 0 saturated carbocycles. The molecule has 7 nitrogen and oxygen atoms in total. The first-order valence-corrected chi connectivity index (χ1v) is 6.57. The summed E-state index contributed by atoms with van der Waals surface area (Å²) in [5.41, 5.74) is -0.0335. The summed E-state index contributed by atoms with van der Waals surface area (Å²) in [6.45, 7) is 4.93. The molecule has 0 fully saturated rings. The Balaban J connectivity index is 2.17. The van der Waals surface area contributed by atoms with E-state index in [4.69, 9.17) is 11.6 Å². The van der Waals surface area contributed by atoms with Crippen molar-refractivity contribution in [1.29, 1.82) is 0 Å². The van der Waals surface area contributed by atoms with Gasteiger partial charge in [-0.2, -0.15) is 15.0 Å². The molecule has 8 heteroatoms. The van der Waals surface area contributed by atoms with Gasteiger partial charge in [-0.25, -0.2) is 4.98 Å². The summed E-state index contributed by atoms with van der Waals surface area (Å²) in [5.74, 6) is 0.885. The Bertz CT molecular complexity index is 565. The second-order valence-corrected chi connectivity index (χ2v) is 5.60. The molecule has 0 saturated heterocycles. The van der Waals surface area contributed by atoms with Crippen molar-refractivity contribution >= 4 is 17.5 Å². The van der Waals surface area contributed by atoms with E-state index in [1.54, 1.807) is 23.3 Å². The fourth-order valence-electron chi connectivity index (χ4n) is 1.37. The number of anilines is 1. The number of nitrogens with zero attached hydrogens (tertiary/aromatic N) is 6. The molecule has 1 N–H and O–H groups in total. The molecule has 0 aromatic carbocycles. The SMILES string of the molecule is CN(C)C(C)(C)CNc1nc(Cl)nc(-n2ccnc2)n1. The average molecular weight is 296 g/mol. The third-order valence-corrected chi connectivity index (χ3v) is 3.39. The molecule has 0 spiro atoms. The number of aromatic nitrogens is 5. The van der Waals surface area contributed by atoms with Crippen LogP contribution in [0.25, 0.3) is 5.95 Å². The second kappa shape index (κ2) is 5.72. The monoisotopic (exact) mass is 295 g/mol. The molecule has 2 heterocycles. The van der Waals surface area contributed by atoms with Gasteiger partial charge in [-0.3, -0.25) is 4.57 Å². The molecular formula is C12H18ClN7. The molecule has 2 aromatic heterocycles. The normalized spacial score (nSPS) is 11.9. The van der Waals surface area contributed by atoms with Gasteiger partial charge in [-0.15, -0.1) is 0 Å². The highest BCUT2D eigenvalue weighted by atomic mass is 35.5. The summed E-state index contributed by atoms with van der Waals surface area (Å²) < 4.78 is 1.68. The lowest BCUT2D eigenvalue weighted by atomic mass is 10.1. The maximum Gasteiger partial charge on any atom is 0.241 e. The third-order valence-electron chi connectivity index (χ3n) is 3.22. The van der Waals surface area contributed by atoms with Gasteiger partial charge in [0.15, 0.2) is 0 Å². The maximum atomic E-state index is 5.93. The molecule has 0 bridgehead atoms. The van der Waals surface area contributed by atoms with Gasteiger partial charge < -0.3 is 10.2 Å². The molecular weight excluding hydrogens is 278 g/mol. The Morgan fingerprint density at radius 1 is 1.30 bits per heavy atom. The minimum atomic E-state index is -0.0335. The Morgan fingerprint density at radius 2 is 2.05 bits per heavy atom. The van der Waals surface area contributed by atoms with Crippen LogP contribution in [0.15, 0.2) is 18.7 Å². The van der Waals surface area contributed by atoms with E-state index in [0.29, 0.717) is 18.4 Å². The van der Waals surface area contributed by atoms with Gasteiger partial charge in [0.25, 0.3) is 0 Å². The summed E-state index contributed by atoms with van der Waals surface area (Å²) >= 11 is 5.93. The number of halogens is 1. The molecule has 2 aromatic rings. The first kappa shape index (κ1) is 14.7. The molecule has 108 valence electrons. The van der Waals surface area contributed by atoms with Crippen molar-refractivity contribution in [2.24, 2.45) is 0 Å². The van der Waals surface area contributed by atoms with Crippen LogP contribution in [0.5, 0.6) is 0 Å². The highest BCUT2D eigenvalue weighted by molar-refractivity contribution is 6.28. The lowest BCUT2D eigenvalue weighted by molar-refractivity contribution is 0.209. The molecule has 0 aliphatic carbocycles. The van der Waals surface area contributed by atoms with Crippen LogP contribution in [0.4, 0.5) is 5.95 Å². The highest BCUT2D eigenvalue weighted by Gasteiger charge is 2.20. The van der Waals surface area contributed by atoms with E-state index in [1.807, 2.05) is 14.1 Å². The fourth-order valence-corrected chi connectivity index (χ4v) is 1.52. The van der Waals surface area contributed by atoms with Gasteiger partial charge in [-0.1, -0.05) is 0 Å². The van der Waals surface area contributed by atoms with E-state index in [0.717, 1.165) is 0 Å². The molecule has 0 aliphatic rings. The summed E-state index contributed by atoms with van der Waals surface area (Å²) in [4.78, 5) is 18.6. The topological polar surface area (TPSA) is 71.8 Å². The van der Waals surface area contributed by atoms with Crippen LogP contribution < -0.4 is 5.32 Å². The van der Waals surface area contributed by atoms with E-state index >= 15 is 0 Å². The van der Waals surface area contributed by atoms with Crippen LogP contribution in [-0.4, -0.2) is 55.6 Å². The van der Waals surface area contributed by atoms with Crippen molar-refractivity contribution in [3.8, 4) is 5.95 Å². The first-order valence-electron chi connectivity index (χ1n) is 6.20. The van der Waals surface area contributed by atoms with E-state index < -0.39 is 0 Å². The van der Waals surface area contributed by atoms with Crippen molar-refractivity contribution in [1.82, 2.24) is 29.4 Å². The number of hydrogen-bond donors (Lipinski definition) is 1. The molecule has 0 atom stereocenters. The van der Waals surface area contributed by atoms with E-state index in [2.05, 4.69) is 44.0 Å². The van der Waals surface area contributed by atoms with Crippen molar-refractivity contribution in [3.05, 3.63) is 24.0 Å². The Labute approximate surface area is 123 Å². The number of rotatable bonds is 5. The Kier molecular flexibility index (Phi) is 4.20. The van der Waals surface area contributed by atoms with Crippen LogP contribution in [-0.2, 0) is 0 Å². The maximum absolute atomic E-state index is 5.93. The minimum absolute atomic E-state index is 0.0335. The van der Waals surface area contributed by atoms with Crippen LogP contribution in [0.1, 0.15) is 13.8 Å². The van der Waals surface area contributed by atoms with Crippen LogP contribution in [0.3, 0.4) is 0 Å². The van der Waals surface area contributed by atoms with Crippen molar-refractivity contribution in [2.45, 2.75) is 19.4 Å². The van der Waals surface area contributed by atoms with Crippen molar-refractivity contribution < 1.29 is 0 Å². The average Bonchev–Trinajstić information content (AvgIpc) is 2.89. The number of likely N-dealkylation sites (N-methyl/N-ethyl adjacent to an activating group) is 1. The second-order valence-electron chi connectivity index (χ2n) is 5.26. The third kappa shape index (κ3) is 3.43. The molecule has 20 heavy (non-hydrogen) atoms. The van der Waals surface area contributed by atoms with E-state index in [9.17, 15) is 0 Å². The molecule has 0 aliphatic heterocycles. The molecule has 0 unspecified atom stereocenters. The number of imidazole rings is 1. The zero-order valence-corrected chi connectivity index (χ0v) is 12.8. The molecule has 2 rings (SSSR count). The predicted molar refractivity (Wildman–Crippen MR) is 78.2 cm³/mol. The summed E-state index contributed by atoms with van der Waals surface area (Å²) in [6.07, 6.45) is 5.01. The van der Waals surface area contributed by atoms with E-state index in [1.165, 1.54) is 0 Å². The van der Waals surface area contributed by atoms with Gasteiger partial charge in [0.05, 0.1) is 0 Å². The van der Waals surface area contributed by atoms with Crippen molar-refractivity contribution in [3.63, 3.8) is 0 Å². The smallest absolute Gasteiger partial charge is 0.241 e. The predicted octanol–water partition coefficient (Wildman–Crippen LogP) is 1.46. The summed E-state index contributed by atoms with van der Waals surface area (Å²) in [6, 6.07) is 0. The lowest BCUT2D eigenvalue weighted by Crippen LogP contribution is -2.44. The van der Waals surface area contributed by atoms with Gasteiger partial charge in [0, 0.05) is 24.5 Å². The zero-order valence-electron chi connectivity index (χ0n) is 12.0. The van der Waals surface area contributed by atoms with Gasteiger partial charge in [0.2, 0.25) is 17.2 Å². The largest absolute Gasteiger partial charge is 0.352 e. The van der Waals surface area contributed by atoms with E-state index in [-0.39, 0.29) is 10.8 Å². The summed E-state index contributed by atoms with van der Waals surface area (Å²) in [7, 11) is 4.05. The Hall–Kier alpha value is -1.73. The fraction of sp³-hybridized carbons (Fsp3) is 0.500. The molecule has 0 amide bonds. The molecule has 0 radical (unpaired) electrons. The number of nitrogens with one attached hydrogen (secondary N) is 1. The van der Waals surface area contributed by atoms with Crippen LogP contribution in [0.2, 0.25) is 5.28 Å². The van der Waals surface area contributed by atoms with Crippen molar-refractivity contribution in [2.75, 3.05) is 26.0 Å². The first-order chi connectivity index (χ1) is 9.38.